The molecule has 2 heteroatoms. The number of hydrogen-bond donors (Lipinski definition) is 0. The Labute approximate surface area is 94.0 Å². The van der Waals surface area contributed by atoms with Crippen molar-refractivity contribution in [1.82, 2.24) is 4.90 Å². The molecule has 0 spiro atoms. The molecule has 0 saturated carbocycles. The van der Waals surface area contributed by atoms with E-state index in [9.17, 15) is 0 Å². The average Bonchev–Trinajstić information content (AvgIpc) is 2.15. The summed E-state index contributed by atoms with van der Waals surface area (Å²) in [6.07, 6.45) is 2.69. The summed E-state index contributed by atoms with van der Waals surface area (Å²) in [6, 6.07) is 0. The Morgan fingerprint density at radius 3 is 1.93 bits per heavy atom. The van der Waals surface area contributed by atoms with Gasteiger partial charge in [0.15, 0.2) is 0 Å². The third kappa shape index (κ3) is 1.94. The van der Waals surface area contributed by atoms with Gasteiger partial charge in [0.1, 0.15) is 0 Å². The van der Waals surface area contributed by atoms with Crippen molar-refractivity contribution < 1.29 is 4.74 Å². The molecule has 2 fully saturated rings. The van der Waals surface area contributed by atoms with Crippen LogP contribution in [0.5, 0.6) is 0 Å². The molecule has 15 heavy (non-hydrogen) atoms. The SMILES string of the molecule is CC(C)C1(C)CCN(C2(C)COC2)CC1. The lowest BCUT2D eigenvalue weighted by Gasteiger charge is -2.52. The predicted octanol–water partition coefficient (Wildman–Crippen LogP) is 2.53. The van der Waals surface area contributed by atoms with Gasteiger partial charge in [0.05, 0.1) is 18.8 Å². The molecule has 2 nitrogen and oxygen atoms in total. The van der Waals surface area contributed by atoms with E-state index in [4.69, 9.17) is 4.74 Å². The van der Waals surface area contributed by atoms with Crippen molar-refractivity contribution in [3.05, 3.63) is 0 Å². The first kappa shape index (κ1) is 11.4. The first-order chi connectivity index (χ1) is 6.96. The largest absolute Gasteiger partial charge is 0.377 e. The van der Waals surface area contributed by atoms with Gasteiger partial charge < -0.3 is 4.74 Å². The lowest BCUT2D eigenvalue weighted by Crippen LogP contribution is -2.62. The minimum absolute atomic E-state index is 0.359. The second kappa shape index (κ2) is 3.74. The Bertz CT molecular complexity index is 225. The van der Waals surface area contributed by atoms with Crippen molar-refractivity contribution in [2.75, 3.05) is 26.3 Å². The minimum atomic E-state index is 0.359. The summed E-state index contributed by atoms with van der Waals surface area (Å²) in [5, 5.41) is 0. The average molecular weight is 211 g/mol. The van der Waals surface area contributed by atoms with Crippen molar-refractivity contribution in [1.29, 1.82) is 0 Å². The smallest absolute Gasteiger partial charge is 0.0671 e. The van der Waals surface area contributed by atoms with Crippen LogP contribution in [-0.4, -0.2) is 36.7 Å². The van der Waals surface area contributed by atoms with Gasteiger partial charge in [-0.1, -0.05) is 20.8 Å². The third-order valence-corrected chi connectivity index (χ3v) is 4.89. The Kier molecular flexibility index (Phi) is 2.85. The topological polar surface area (TPSA) is 12.5 Å². The fourth-order valence-electron chi connectivity index (χ4n) is 2.71. The maximum Gasteiger partial charge on any atom is 0.0671 e. The maximum absolute atomic E-state index is 5.35. The van der Waals surface area contributed by atoms with Crippen molar-refractivity contribution in [3.63, 3.8) is 0 Å². The summed E-state index contributed by atoms with van der Waals surface area (Å²) in [4.78, 5) is 2.64. The van der Waals surface area contributed by atoms with Crippen LogP contribution in [0.3, 0.4) is 0 Å². The molecule has 0 radical (unpaired) electrons. The predicted molar refractivity (Wildman–Crippen MR) is 63.0 cm³/mol. The fourth-order valence-corrected chi connectivity index (χ4v) is 2.71. The van der Waals surface area contributed by atoms with Crippen molar-refractivity contribution in [2.45, 2.75) is 46.1 Å². The van der Waals surface area contributed by atoms with Gasteiger partial charge in [-0.15, -0.1) is 0 Å². The molecule has 0 unspecified atom stereocenters. The lowest BCUT2D eigenvalue weighted by atomic mass is 9.71. The van der Waals surface area contributed by atoms with Crippen LogP contribution >= 0.6 is 0 Å². The highest BCUT2D eigenvalue weighted by molar-refractivity contribution is 4.96. The van der Waals surface area contributed by atoms with Crippen LogP contribution in [-0.2, 0) is 4.74 Å². The molecule has 2 saturated heterocycles. The third-order valence-electron chi connectivity index (χ3n) is 4.89. The van der Waals surface area contributed by atoms with Crippen molar-refractivity contribution in [3.8, 4) is 0 Å². The number of hydrogen-bond acceptors (Lipinski definition) is 2. The van der Waals surface area contributed by atoms with Crippen LogP contribution in [0.1, 0.15) is 40.5 Å². The van der Waals surface area contributed by atoms with Crippen LogP contribution in [0.25, 0.3) is 0 Å². The molecule has 0 aromatic rings. The molecule has 2 rings (SSSR count). The fraction of sp³-hybridized carbons (Fsp3) is 1.00. The summed E-state index contributed by atoms with van der Waals surface area (Å²) in [6.45, 7) is 13.9. The van der Waals surface area contributed by atoms with E-state index in [1.807, 2.05) is 0 Å². The van der Waals surface area contributed by atoms with Crippen molar-refractivity contribution >= 4 is 0 Å². The summed E-state index contributed by atoms with van der Waals surface area (Å²) in [5.41, 5.74) is 0.926. The number of piperidine rings is 1. The zero-order valence-corrected chi connectivity index (χ0v) is 10.7. The summed E-state index contributed by atoms with van der Waals surface area (Å²) in [7, 11) is 0. The monoisotopic (exact) mass is 211 g/mol. The lowest BCUT2D eigenvalue weighted by molar-refractivity contribution is -0.144. The highest BCUT2D eigenvalue weighted by Crippen LogP contribution is 2.40. The molecule has 0 aromatic carbocycles. The maximum atomic E-state index is 5.35. The van der Waals surface area contributed by atoms with Gasteiger partial charge in [0, 0.05) is 0 Å². The number of likely N-dealkylation sites (tertiary alicyclic amines) is 1. The molecule has 0 bridgehead atoms. The number of rotatable bonds is 2. The van der Waals surface area contributed by atoms with E-state index in [0.29, 0.717) is 11.0 Å². The summed E-state index contributed by atoms with van der Waals surface area (Å²) < 4.78 is 5.35. The molecule has 2 aliphatic rings. The zero-order chi connectivity index (χ0) is 11.1. The van der Waals surface area contributed by atoms with E-state index in [1.165, 1.54) is 25.9 Å². The van der Waals surface area contributed by atoms with E-state index in [0.717, 1.165) is 19.1 Å². The molecule has 0 aliphatic carbocycles. The van der Waals surface area contributed by atoms with Crippen LogP contribution in [0.2, 0.25) is 0 Å². The molecule has 2 aliphatic heterocycles. The van der Waals surface area contributed by atoms with Crippen LogP contribution in [0.4, 0.5) is 0 Å². The number of nitrogens with zero attached hydrogens (tertiary/aromatic N) is 1. The molecule has 0 atom stereocenters. The standard InChI is InChI=1S/C13H25NO/c1-11(2)12(3)5-7-14(8-6-12)13(4)9-15-10-13/h11H,5-10H2,1-4H3. The Balaban J connectivity index is 1.92. The van der Waals surface area contributed by atoms with E-state index in [2.05, 4.69) is 32.6 Å². The second-order valence-corrected chi connectivity index (χ2v) is 6.29. The van der Waals surface area contributed by atoms with Crippen LogP contribution in [0.15, 0.2) is 0 Å². The van der Waals surface area contributed by atoms with E-state index in [1.54, 1.807) is 0 Å². The highest BCUT2D eigenvalue weighted by atomic mass is 16.5. The Hall–Kier alpha value is -0.0800. The van der Waals surface area contributed by atoms with Gasteiger partial charge >= 0.3 is 0 Å². The van der Waals surface area contributed by atoms with Crippen molar-refractivity contribution in [2.24, 2.45) is 11.3 Å². The van der Waals surface area contributed by atoms with Gasteiger partial charge in [0.2, 0.25) is 0 Å². The normalized spacial score (nSPS) is 30.2. The minimum Gasteiger partial charge on any atom is -0.377 e. The van der Waals surface area contributed by atoms with Gasteiger partial charge in [0.25, 0.3) is 0 Å². The molecule has 0 aromatic heterocycles. The molecule has 2 heterocycles. The van der Waals surface area contributed by atoms with E-state index >= 15 is 0 Å². The van der Waals surface area contributed by atoms with Gasteiger partial charge in [-0.2, -0.15) is 0 Å². The summed E-state index contributed by atoms with van der Waals surface area (Å²) in [5.74, 6) is 0.810. The number of ether oxygens (including phenoxy) is 1. The van der Waals surface area contributed by atoms with Crippen LogP contribution < -0.4 is 0 Å². The quantitative estimate of drug-likeness (QED) is 0.696. The summed E-state index contributed by atoms with van der Waals surface area (Å²) >= 11 is 0. The van der Waals surface area contributed by atoms with E-state index < -0.39 is 0 Å². The first-order valence-corrected chi connectivity index (χ1v) is 6.29. The first-order valence-electron chi connectivity index (χ1n) is 6.29. The zero-order valence-electron chi connectivity index (χ0n) is 10.7. The Morgan fingerprint density at radius 2 is 1.60 bits per heavy atom. The molecule has 0 amide bonds. The van der Waals surface area contributed by atoms with Gasteiger partial charge in [-0.3, -0.25) is 4.90 Å². The van der Waals surface area contributed by atoms with Gasteiger partial charge in [-0.05, 0) is 44.2 Å². The molecule has 0 N–H and O–H groups in total. The molecule has 88 valence electrons. The van der Waals surface area contributed by atoms with Gasteiger partial charge in [-0.25, -0.2) is 0 Å². The highest BCUT2D eigenvalue weighted by Gasteiger charge is 2.43. The van der Waals surface area contributed by atoms with E-state index in [-0.39, 0.29) is 0 Å². The molecular weight excluding hydrogens is 186 g/mol. The molecular formula is C13H25NO. The van der Waals surface area contributed by atoms with Crippen LogP contribution in [0, 0.1) is 11.3 Å². The second-order valence-electron chi connectivity index (χ2n) is 6.29. The Morgan fingerprint density at radius 1 is 1.07 bits per heavy atom.